The summed E-state index contributed by atoms with van der Waals surface area (Å²) < 4.78 is 11.1. The maximum Gasteiger partial charge on any atom is 0.302 e. The monoisotopic (exact) mass is 212 g/mol. The summed E-state index contributed by atoms with van der Waals surface area (Å²) in [5.41, 5.74) is -0.191. The van der Waals surface area contributed by atoms with E-state index in [0.717, 1.165) is 12.8 Å². The molecule has 0 unspecified atom stereocenters. The molecule has 0 aromatic rings. The maximum absolute atomic E-state index is 10.9. The van der Waals surface area contributed by atoms with Gasteiger partial charge in [0.1, 0.15) is 12.2 Å². The lowest BCUT2D eigenvalue weighted by atomic mass is 9.64. The molecule has 0 N–H and O–H groups in total. The van der Waals surface area contributed by atoms with Crippen LogP contribution in [0.1, 0.15) is 47.0 Å². The second-order valence-electron chi connectivity index (χ2n) is 5.68. The van der Waals surface area contributed by atoms with Crippen LogP contribution in [0.2, 0.25) is 0 Å². The number of ether oxygens (including phenoxy) is 2. The van der Waals surface area contributed by atoms with E-state index in [1.165, 1.54) is 13.3 Å². The molecule has 0 aromatic carbocycles. The molecule has 0 radical (unpaired) electrons. The van der Waals surface area contributed by atoms with Gasteiger partial charge in [-0.2, -0.15) is 0 Å². The third-order valence-electron chi connectivity index (χ3n) is 4.24. The Morgan fingerprint density at radius 3 is 2.53 bits per heavy atom. The minimum absolute atomic E-state index is 0.0653. The second kappa shape index (κ2) is 2.97. The third-order valence-corrected chi connectivity index (χ3v) is 4.24. The van der Waals surface area contributed by atoms with Crippen LogP contribution in [0.25, 0.3) is 0 Å². The zero-order valence-electron chi connectivity index (χ0n) is 10.1. The Hall–Kier alpha value is -0.570. The topological polar surface area (TPSA) is 38.8 Å². The van der Waals surface area contributed by atoms with Crippen molar-refractivity contribution in [3.8, 4) is 0 Å². The molecule has 2 aliphatic rings. The lowest BCUT2D eigenvalue weighted by Crippen LogP contribution is -2.46. The Balaban J connectivity index is 2.15. The van der Waals surface area contributed by atoms with Gasteiger partial charge in [0.05, 0.1) is 5.60 Å². The quantitative estimate of drug-likeness (QED) is 0.520. The van der Waals surface area contributed by atoms with Gasteiger partial charge in [0.2, 0.25) is 0 Å². The Morgan fingerprint density at radius 1 is 1.33 bits per heavy atom. The van der Waals surface area contributed by atoms with Gasteiger partial charge in [-0.3, -0.25) is 4.79 Å². The first-order valence-corrected chi connectivity index (χ1v) is 5.67. The van der Waals surface area contributed by atoms with Gasteiger partial charge in [-0.05, 0) is 26.2 Å². The fraction of sp³-hybridized carbons (Fsp3) is 0.917. The van der Waals surface area contributed by atoms with E-state index in [1.807, 2.05) is 0 Å². The van der Waals surface area contributed by atoms with Crippen LogP contribution in [0, 0.1) is 5.41 Å². The first-order chi connectivity index (χ1) is 6.83. The number of hydrogen-bond acceptors (Lipinski definition) is 3. The van der Waals surface area contributed by atoms with Crippen molar-refractivity contribution in [2.45, 2.75) is 58.2 Å². The van der Waals surface area contributed by atoms with Gasteiger partial charge < -0.3 is 9.47 Å². The molecule has 1 saturated carbocycles. The average molecular weight is 212 g/mol. The van der Waals surface area contributed by atoms with Gasteiger partial charge in [-0.15, -0.1) is 0 Å². The van der Waals surface area contributed by atoms with Crippen LogP contribution < -0.4 is 0 Å². The van der Waals surface area contributed by atoms with Crippen LogP contribution in [-0.2, 0) is 14.3 Å². The number of esters is 1. The van der Waals surface area contributed by atoms with E-state index in [9.17, 15) is 4.79 Å². The molecule has 3 nitrogen and oxygen atoms in total. The molecule has 0 spiro atoms. The molecule has 1 saturated heterocycles. The van der Waals surface area contributed by atoms with Crippen LogP contribution >= 0.6 is 0 Å². The molecular formula is C12H20O3. The first-order valence-electron chi connectivity index (χ1n) is 5.67. The fourth-order valence-electron chi connectivity index (χ4n) is 3.12. The van der Waals surface area contributed by atoms with Gasteiger partial charge in [0.15, 0.2) is 0 Å². The van der Waals surface area contributed by atoms with Crippen molar-refractivity contribution in [1.82, 2.24) is 0 Å². The summed E-state index contributed by atoms with van der Waals surface area (Å²) in [5, 5.41) is 0. The highest BCUT2D eigenvalue weighted by Crippen LogP contribution is 2.65. The Morgan fingerprint density at radius 2 is 2.00 bits per heavy atom. The van der Waals surface area contributed by atoms with Gasteiger partial charge in [0.25, 0.3) is 0 Å². The molecule has 2 rings (SSSR count). The number of carbonyl (C=O) groups excluding carboxylic acids is 1. The van der Waals surface area contributed by atoms with Gasteiger partial charge in [-0.25, -0.2) is 0 Å². The molecule has 3 heteroatoms. The van der Waals surface area contributed by atoms with Gasteiger partial charge >= 0.3 is 5.97 Å². The zero-order chi connectivity index (χ0) is 11.3. The van der Waals surface area contributed by atoms with E-state index in [1.54, 1.807) is 0 Å². The number of hydrogen-bond donors (Lipinski definition) is 0. The van der Waals surface area contributed by atoms with E-state index in [-0.39, 0.29) is 22.6 Å². The van der Waals surface area contributed by atoms with E-state index in [2.05, 4.69) is 20.8 Å². The summed E-state index contributed by atoms with van der Waals surface area (Å²) in [4.78, 5) is 10.9. The molecule has 0 amide bonds. The largest absolute Gasteiger partial charge is 0.463 e. The molecule has 2 atom stereocenters. The standard InChI is InChI=1S/C12H20O3/c1-9(13)14-8-12-10(2,3)6-5-7-11(12,4)15-12/h5-8H2,1-4H3/t11-,12+/m0/s1. The minimum Gasteiger partial charge on any atom is -0.463 e. The van der Waals surface area contributed by atoms with Crippen molar-refractivity contribution in [3.05, 3.63) is 0 Å². The summed E-state index contributed by atoms with van der Waals surface area (Å²) in [6.45, 7) is 8.41. The Labute approximate surface area is 91.1 Å². The van der Waals surface area contributed by atoms with Crippen molar-refractivity contribution in [1.29, 1.82) is 0 Å². The highest BCUT2D eigenvalue weighted by molar-refractivity contribution is 5.66. The summed E-state index contributed by atoms with van der Waals surface area (Å²) >= 11 is 0. The molecule has 1 aliphatic carbocycles. The minimum atomic E-state index is -0.232. The molecular weight excluding hydrogens is 192 g/mol. The highest BCUT2D eigenvalue weighted by atomic mass is 16.7. The van der Waals surface area contributed by atoms with Crippen LogP contribution in [0.15, 0.2) is 0 Å². The maximum atomic E-state index is 10.9. The molecule has 1 aliphatic heterocycles. The summed E-state index contributed by atoms with van der Waals surface area (Å²) in [5.74, 6) is -0.219. The molecule has 0 bridgehead atoms. The first kappa shape index (κ1) is 10.9. The van der Waals surface area contributed by atoms with Crippen LogP contribution in [0.3, 0.4) is 0 Å². The second-order valence-corrected chi connectivity index (χ2v) is 5.68. The highest BCUT2D eigenvalue weighted by Gasteiger charge is 2.75. The molecule has 1 heterocycles. The fourth-order valence-corrected chi connectivity index (χ4v) is 3.12. The third kappa shape index (κ3) is 1.40. The van der Waals surface area contributed by atoms with Crippen LogP contribution in [0.5, 0.6) is 0 Å². The van der Waals surface area contributed by atoms with Crippen molar-refractivity contribution >= 4 is 5.97 Å². The number of carbonyl (C=O) groups is 1. The molecule has 2 fully saturated rings. The lowest BCUT2D eigenvalue weighted by Gasteiger charge is -2.37. The Kier molecular flexibility index (Phi) is 2.16. The van der Waals surface area contributed by atoms with E-state index in [4.69, 9.17) is 9.47 Å². The van der Waals surface area contributed by atoms with Gasteiger partial charge in [0, 0.05) is 12.3 Å². The van der Waals surface area contributed by atoms with Crippen molar-refractivity contribution < 1.29 is 14.3 Å². The van der Waals surface area contributed by atoms with E-state index in [0.29, 0.717) is 6.61 Å². The predicted molar refractivity (Wildman–Crippen MR) is 56.5 cm³/mol. The molecule has 86 valence electrons. The average Bonchev–Trinajstić information content (AvgIpc) is 2.70. The van der Waals surface area contributed by atoms with E-state index >= 15 is 0 Å². The zero-order valence-corrected chi connectivity index (χ0v) is 10.1. The van der Waals surface area contributed by atoms with Crippen molar-refractivity contribution in [2.75, 3.05) is 6.61 Å². The number of rotatable bonds is 2. The molecule has 15 heavy (non-hydrogen) atoms. The van der Waals surface area contributed by atoms with E-state index < -0.39 is 0 Å². The Bertz CT molecular complexity index is 297. The smallest absolute Gasteiger partial charge is 0.302 e. The summed E-state index contributed by atoms with van der Waals surface area (Å²) in [6, 6.07) is 0. The number of fused-ring (bicyclic) bond motifs is 1. The van der Waals surface area contributed by atoms with Crippen LogP contribution in [-0.4, -0.2) is 23.8 Å². The van der Waals surface area contributed by atoms with Gasteiger partial charge in [-0.1, -0.05) is 13.8 Å². The normalized spacial score (nSPS) is 41.9. The van der Waals surface area contributed by atoms with Crippen LogP contribution in [0.4, 0.5) is 0 Å². The lowest BCUT2D eigenvalue weighted by molar-refractivity contribution is -0.144. The summed E-state index contributed by atoms with van der Waals surface area (Å²) in [7, 11) is 0. The summed E-state index contributed by atoms with van der Waals surface area (Å²) in [6.07, 6.45) is 3.42. The predicted octanol–water partition coefficient (Wildman–Crippen LogP) is 2.29. The SMILES string of the molecule is CC(=O)OC[C@]12O[C@@]1(C)CCCC2(C)C. The molecule has 0 aromatic heterocycles. The number of epoxide rings is 1. The van der Waals surface area contributed by atoms with Crippen molar-refractivity contribution in [3.63, 3.8) is 0 Å². The van der Waals surface area contributed by atoms with Crippen molar-refractivity contribution in [2.24, 2.45) is 5.41 Å².